The molecule has 0 heterocycles. The van der Waals surface area contributed by atoms with Gasteiger partial charge >= 0.3 is 0 Å². The summed E-state index contributed by atoms with van der Waals surface area (Å²) in [5.74, 6) is -0.632. The fraction of sp³-hybridized carbons (Fsp3) is 0.417. The molecule has 168 valence electrons. The molecule has 2 rings (SSSR count). The second kappa shape index (κ2) is 11.1. The van der Waals surface area contributed by atoms with E-state index < -0.39 is 17.8 Å². The van der Waals surface area contributed by atoms with Gasteiger partial charge in [0.1, 0.15) is 17.6 Å². The highest BCUT2D eigenvalue weighted by molar-refractivity contribution is 6.32. The average molecular weight is 449 g/mol. The number of benzene rings is 2. The predicted octanol–water partition coefficient (Wildman–Crippen LogP) is 4.81. The summed E-state index contributed by atoms with van der Waals surface area (Å²) < 4.78 is 19.9. The third kappa shape index (κ3) is 6.69. The number of carbonyl (C=O) groups is 2. The molecule has 5 nitrogen and oxygen atoms in total. The van der Waals surface area contributed by atoms with Crippen LogP contribution in [0.15, 0.2) is 36.4 Å². The Morgan fingerprint density at radius 1 is 1.16 bits per heavy atom. The highest BCUT2D eigenvalue weighted by Crippen LogP contribution is 2.26. The number of ether oxygens (including phenoxy) is 1. The smallest absolute Gasteiger partial charge is 0.261 e. The lowest BCUT2D eigenvalue weighted by atomic mass is 10.1. The van der Waals surface area contributed by atoms with Crippen molar-refractivity contribution in [3.8, 4) is 5.75 Å². The summed E-state index contributed by atoms with van der Waals surface area (Å²) in [6.07, 6.45) is 0.762. The van der Waals surface area contributed by atoms with E-state index in [1.165, 1.54) is 11.0 Å². The minimum absolute atomic E-state index is 0.0309. The maximum absolute atomic E-state index is 14.2. The summed E-state index contributed by atoms with van der Waals surface area (Å²) >= 11 is 6.19. The molecular weight excluding hydrogens is 419 g/mol. The predicted molar refractivity (Wildman–Crippen MR) is 121 cm³/mol. The molecule has 2 atom stereocenters. The van der Waals surface area contributed by atoms with E-state index in [0.717, 1.165) is 17.5 Å². The topological polar surface area (TPSA) is 58.6 Å². The van der Waals surface area contributed by atoms with E-state index in [1.807, 2.05) is 27.7 Å². The van der Waals surface area contributed by atoms with E-state index in [4.69, 9.17) is 16.3 Å². The Kier molecular flexibility index (Phi) is 8.87. The Hall–Kier alpha value is -2.60. The van der Waals surface area contributed by atoms with Crippen LogP contribution in [0.5, 0.6) is 5.75 Å². The third-order valence-corrected chi connectivity index (χ3v) is 5.84. The largest absolute Gasteiger partial charge is 0.484 e. The van der Waals surface area contributed by atoms with Crippen molar-refractivity contribution >= 4 is 23.4 Å². The summed E-state index contributed by atoms with van der Waals surface area (Å²) in [5, 5.41) is 3.53. The van der Waals surface area contributed by atoms with Crippen LogP contribution in [0.3, 0.4) is 0 Å². The lowest BCUT2D eigenvalue weighted by Crippen LogP contribution is -2.50. The molecule has 0 spiro atoms. The molecule has 0 aliphatic heterocycles. The van der Waals surface area contributed by atoms with Gasteiger partial charge in [0.05, 0.1) is 0 Å². The normalized spacial score (nSPS) is 12.7. The van der Waals surface area contributed by atoms with Gasteiger partial charge in [-0.3, -0.25) is 9.59 Å². The number of amides is 2. The van der Waals surface area contributed by atoms with Gasteiger partial charge in [-0.15, -0.1) is 0 Å². The molecule has 2 aromatic carbocycles. The first kappa shape index (κ1) is 24.7. The van der Waals surface area contributed by atoms with Crippen LogP contribution < -0.4 is 10.1 Å². The summed E-state index contributed by atoms with van der Waals surface area (Å²) in [7, 11) is 0. The number of hydrogen-bond donors (Lipinski definition) is 1. The molecule has 0 bridgehead atoms. The summed E-state index contributed by atoms with van der Waals surface area (Å²) in [5.41, 5.74) is 2.01. The van der Waals surface area contributed by atoms with Crippen molar-refractivity contribution in [3.63, 3.8) is 0 Å². The highest BCUT2D eigenvalue weighted by atomic mass is 35.5. The molecule has 0 radical (unpaired) electrons. The van der Waals surface area contributed by atoms with Crippen molar-refractivity contribution in [1.82, 2.24) is 10.2 Å². The SMILES string of the molecule is CC[C@@H](C)NC(=O)[C@@H](C)N(Cc1ccccc1F)C(=O)COc1cc(C)c(Cl)c(C)c1. The molecule has 0 saturated carbocycles. The van der Waals surface area contributed by atoms with Gasteiger partial charge in [0.25, 0.3) is 5.91 Å². The van der Waals surface area contributed by atoms with Gasteiger partial charge in [0, 0.05) is 23.2 Å². The zero-order valence-corrected chi connectivity index (χ0v) is 19.4. The first-order chi connectivity index (χ1) is 14.6. The molecule has 0 aliphatic rings. The van der Waals surface area contributed by atoms with Crippen molar-refractivity contribution in [2.75, 3.05) is 6.61 Å². The molecule has 2 aromatic rings. The van der Waals surface area contributed by atoms with Crippen molar-refractivity contribution in [2.45, 2.75) is 59.7 Å². The number of nitrogens with one attached hydrogen (secondary N) is 1. The van der Waals surface area contributed by atoms with E-state index in [9.17, 15) is 14.0 Å². The molecule has 0 saturated heterocycles. The molecule has 2 amide bonds. The number of rotatable bonds is 9. The van der Waals surface area contributed by atoms with Crippen LogP contribution in [0.2, 0.25) is 5.02 Å². The van der Waals surface area contributed by atoms with Gasteiger partial charge in [-0.25, -0.2) is 4.39 Å². The Balaban J connectivity index is 2.21. The van der Waals surface area contributed by atoms with Gasteiger partial charge < -0.3 is 15.0 Å². The van der Waals surface area contributed by atoms with Gasteiger partial charge in [-0.1, -0.05) is 36.7 Å². The maximum Gasteiger partial charge on any atom is 0.261 e. The van der Waals surface area contributed by atoms with Gasteiger partial charge in [-0.05, 0) is 63.4 Å². The maximum atomic E-state index is 14.2. The van der Waals surface area contributed by atoms with Crippen molar-refractivity contribution in [3.05, 3.63) is 63.9 Å². The van der Waals surface area contributed by atoms with E-state index in [0.29, 0.717) is 16.3 Å². The van der Waals surface area contributed by atoms with Gasteiger partial charge in [0.2, 0.25) is 5.91 Å². The lowest BCUT2D eigenvalue weighted by Gasteiger charge is -2.29. The van der Waals surface area contributed by atoms with Crippen LogP contribution in [0.25, 0.3) is 0 Å². The van der Waals surface area contributed by atoms with E-state index in [-0.39, 0.29) is 25.1 Å². The molecule has 0 aromatic heterocycles. The molecule has 0 unspecified atom stereocenters. The first-order valence-corrected chi connectivity index (χ1v) is 10.7. The van der Waals surface area contributed by atoms with Crippen molar-refractivity contribution in [2.24, 2.45) is 0 Å². The molecule has 31 heavy (non-hydrogen) atoms. The summed E-state index contributed by atoms with van der Waals surface area (Å²) in [4.78, 5) is 27.1. The quantitative estimate of drug-likeness (QED) is 0.599. The zero-order chi connectivity index (χ0) is 23.1. The minimum Gasteiger partial charge on any atom is -0.484 e. The Labute approximate surface area is 188 Å². The second-order valence-electron chi connectivity index (χ2n) is 7.77. The van der Waals surface area contributed by atoms with Crippen LogP contribution in [-0.4, -0.2) is 35.4 Å². The van der Waals surface area contributed by atoms with Gasteiger partial charge in [-0.2, -0.15) is 0 Å². The standard InChI is InChI=1S/C24H30ClFN2O3/c1-6-17(4)27-24(30)18(5)28(13-19-9-7-8-10-21(19)26)22(29)14-31-20-11-15(2)23(25)16(3)12-20/h7-12,17-18H,6,13-14H2,1-5H3,(H,27,30)/t17-,18-/m1/s1. The molecule has 0 fully saturated rings. The molecule has 0 aliphatic carbocycles. The molecule has 7 heteroatoms. The van der Waals surface area contributed by atoms with Gasteiger partial charge in [0.15, 0.2) is 6.61 Å². The Bertz CT molecular complexity index is 912. The summed E-state index contributed by atoms with van der Waals surface area (Å²) in [6.45, 7) is 8.88. The monoisotopic (exact) mass is 448 g/mol. The van der Waals surface area contributed by atoms with Crippen LogP contribution in [-0.2, 0) is 16.1 Å². The average Bonchev–Trinajstić information content (AvgIpc) is 2.74. The number of hydrogen-bond acceptors (Lipinski definition) is 3. The number of aryl methyl sites for hydroxylation is 2. The fourth-order valence-electron chi connectivity index (χ4n) is 3.08. The van der Waals surface area contributed by atoms with Crippen LogP contribution in [0.1, 0.15) is 43.9 Å². The van der Waals surface area contributed by atoms with Crippen molar-refractivity contribution in [1.29, 1.82) is 0 Å². The Morgan fingerprint density at radius 3 is 2.35 bits per heavy atom. The zero-order valence-electron chi connectivity index (χ0n) is 18.7. The van der Waals surface area contributed by atoms with E-state index in [1.54, 1.807) is 37.3 Å². The third-order valence-electron chi connectivity index (χ3n) is 5.24. The van der Waals surface area contributed by atoms with Crippen LogP contribution in [0.4, 0.5) is 4.39 Å². The van der Waals surface area contributed by atoms with Crippen molar-refractivity contribution < 1.29 is 18.7 Å². The highest BCUT2D eigenvalue weighted by Gasteiger charge is 2.28. The second-order valence-corrected chi connectivity index (χ2v) is 8.14. The van der Waals surface area contributed by atoms with Crippen LogP contribution in [0, 0.1) is 19.7 Å². The fourth-order valence-corrected chi connectivity index (χ4v) is 3.18. The lowest BCUT2D eigenvalue weighted by molar-refractivity contribution is -0.142. The minimum atomic E-state index is -0.793. The number of carbonyl (C=O) groups excluding carboxylic acids is 2. The van der Waals surface area contributed by atoms with Crippen LogP contribution >= 0.6 is 11.6 Å². The molecular formula is C24H30ClFN2O3. The molecule has 1 N–H and O–H groups in total. The number of nitrogens with zero attached hydrogens (tertiary/aromatic N) is 1. The van der Waals surface area contributed by atoms with E-state index in [2.05, 4.69) is 5.32 Å². The first-order valence-electron chi connectivity index (χ1n) is 10.4. The Morgan fingerprint density at radius 2 is 1.77 bits per heavy atom. The summed E-state index contributed by atoms with van der Waals surface area (Å²) in [6, 6.07) is 8.89. The number of halogens is 2. The van der Waals surface area contributed by atoms with E-state index >= 15 is 0 Å².